The van der Waals surface area contributed by atoms with Gasteiger partial charge in [0, 0.05) is 12.7 Å². The number of aromatic nitrogens is 1. The van der Waals surface area contributed by atoms with E-state index in [0.717, 1.165) is 31.0 Å². The Morgan fingerprint density at radius 2 is 2.39 bits per heavy atom. The molecule has 1 aromatic heterocycles. The van der Waals surface area contributed by atoms with Gasteiger partial charge in [-0.05, 0) is 43.9 Å². The summed E-state index contributed by atoms with van der Waals surface area (Å²) in [5.41, 5.74) is 0.932. The van der Waals surface area contributed by atoms with E-state index in [4.69, 9.17) is 4.74 Å². The highest BCUT2D eigenvalue weighted by Crippen LogP contribution is 2.32. The summed E-state index contributed by atoms with van der Waals surface area (Å²) in [5, 5.41) is 9.66. The largest absolute Gasteiger partial charge is 0.389 e. The van der Waals surface area contributed by atoms with Crippen LogP contribution in [0.3, 0.4) is 0 Å². The van der Waals surface area contributed by atoms with Gasteiger partial charge in [-0.15, -0.1) is 0 Å². The maximum atomic E-state index is 9.66. The minimum atomic E-state index is -0.438. The van der Waals surface area contributed by atoms with Crippen LogP contribution in [0.2, 0.25) is 0 Å². The lowest BCUT2D eigenvalue weighted by Crippen LogP contribution is -2.49. The summed E-state index contributed by atoms with van der Waals surface area (Å²) in [6.07, 6.45) is 5.31. The smallest absolute Gasteiger partial charge is 0.129 e. The molecule has 2 unspecified atom stereocenters. The van der Waals surface area contributed by atoms with Crippen LogP contribution in [0.25, 0.3) is 0 Å². The van der Waals surface area contributed by atoms with E-state index in [0.29, 0.717) is 12.1 Å². The molecule has 2 aliphatic rings. The Bertz CT molecular complexity index is 422. The molecule has 98 valence electrons. The summed E-state index contributed by atoms with van der Waals surface area (Å²) >= 11 is 0. The first-order chi connectivity index (χ1) is 8.75. The summed E-state index contributed by atoms with van der Waals surface area (Å²) in [6.45, 7) is 3.47. The molecule has 1 saturated carbocycles. The zero-order valence-electron chi connectivity index (χ0n) is 10.7. The van der Waals surface area contributed by atoms with Gasteiger partial charge in [0.1, 0.15) is 5.82 Å². The van der Waals surface area contributed by atoms with Crippen molar-refractivity contribution >= 4 is 5.82 Å². The highest BCUT2D eigenvalue weighted by molar-refractivity contribution is 5.44. The second kappa shape index (κ2) is 4.86. The molecule has 4 nitrogen and oxygen atoms in total. The predicted molar refractivity (Wildman–Crippen MR) is 69.6 cm³/mol. The molecule has 2 heterocycles. The fourth-order valence-electron chi connectivity index (χ4n) is 3.06. The molecule has 4 heteroatoms. The molecule has 0 aromatic carbocycles. The second-order valence-corrected chi connectivity index (χ2v) is 5.22. The fourth-order valence-corrected chi connectivity index (χ4v) is 3.06. The van der Waals surface area contributed by atoms with Crippen molar-refractivity contribution in [3.63, 3.8) is 0 Å². The number of rotatable bonds is 2. The van der Waals surface area contributed by atoms with Gasteiger partial charge in [-0.2, -0.15) is 0 Å². The number of pyridine rings is 1. The van der Waals surface area contributed by atoms with Gasteiger partial charge in [0.25, 0.3) is 0 Å². The summed E-state index contributed by atoms with van der Waals surface area (Å²) in [6, 6.07) is 4.35. The number of hydrogen-bond acceptors (Lipinski definition) is 4. The second-order valence-electron chi connectivity index (χ2n) is 5.22. The van der Waals surface area contributed by atoms with Gasteiger partial charge < -0.3 is 14.7 Å². The minimum Gasteiger partial charge on any atom is -0.389 e. The van der Waals surface area contributed by atoms with Crippen molar-refractivity contribution in [3.8, 4) is 0 Å². The SMILES string of the molecule is C[C@H](O)c1ccnc(N2CCOC3CCCC32)c1. The van der Waals surface area contributed by atoms with Gasteiger partial charge in [0.15, 0.2) is 0 Å². The van der Waals surface area contributed by atoms with E-state index < -0.39 is 6.10 Å². The number of anilines is 1. The lowest BCUT2D eigenvalue weighted by molar-refractivity contribution is 0.0253. The Kier molecular flexibility index (Phi) is 3.22. The van der Waals surface area contributed by atoms with Crippen molar-refractivity contribution in [2.75, 3.05) is 18.1 Å². The van der Waals surface area contributed by atoms with E-state index in [2.05, 4.69) is 9.88 Å². The molecule has 0 radical (unpaired) electrons. The first-order valence-corrected chi connectivity index (χ1v) is 6.78. The monoisotopic (exact) mass is 248 g/mol. The first-order valence-electron chi connectivity index (χ1n) is 6.78. The van der Waals surface area contributed by atoms with E-state index in [-0.39, 0.29) is 0 Å². The Hall–Kier alpha value is -1.13. The van der Waals surface area contributed by atoms with Gasteiger partial charge >= 0.3 is 0 Å². The number of hydrogen-bond donors (Lipinski definition) is 1. The first kappa shape index (κ1) is 11.9. The van der Waals surface area contributed by atoms with Crippen LogP contribution in [0.1, 0.15) is 37.9 Å². The van der Waals surface area contributed by atoms with Crippen molar-refractivity contribution in [2.45, 2.75) is 44.4 Å². The Balaban J connectivity index is 1.86. The van der Waals surface area contributed by atoms with Crippen LogP contribution in [0.4, 0.5) is 5.82 Å². The van der Waals surface area contributed by atoms with E-state index in [1.54, 1.807) is 13.1 Å². The number of ether oxygens (including phenoxy) is 1. The number of aliphatic hydroxyl groups is 1. The molecule has 18 heavy (non-hydrogen) atoms. The van der Waals surface area contributed by atoms with Gasteiger partial charge in [-0.3, -0.25) is 0 Å². The van der Waals surface area contributed by atoms with Crippen molar-refractivity contribution < 1.29 is 9.84 Å². The van der Waals surface area contributed by atoms with Crippen LogP contribution < -0.4 is 4.90 Å². The lowest BCUT2D eigenvalue weighted by Gasteiger charge is -2.38. The molecule has 1 saturated heterocycles. The minimum absolute atomic E-state index is 0.371. The van der Waals surface area contributed by atoms with Crippen molar-refractivity contribution in [1.82, 2.24) is 4.98 Å². The number of aliphatic hydroxyl groups excluding tert-OH is 1. The molecule has 2 fully saturated rings. The third kappa shape index (κ3) is 2.10. The zero-order chi connectivity index (χ0) is 12.5. The van der Waals surface area contributed by atoms with Crippen molar-refractivity contribution in [1.29, 1.82) is 0 Å². The molecule has 1 N–H and O–H groups in total. The molecule has 0 spiro atoms. The predicted octanol–water partition coefficient (Wildman–Crippen LogP) is 1.89. The zero-order valence-corrected chi connectivity index (χ0v) is 10.7. The van der Waals surface area contributed by atoms with Gasteiger partial charge in [-0.25, -0.2) is 4.98 Å². The third-order valence-corrected chi connectivity index (χ3v) is 4.03. The maximum absolute atomic E-state index is 9.66. The average Bonchev–Trinajstić information content (AvgIpc) is 2.87. The number of morpholine rings is 1. The number of fused-ring (bicyclic) bond motifs is 1. The van der Waals surface area contributed by atoms with Gasteiger partial charge in [0.2, 0.25) is 0 Å². The molecule has 3 rings (SSSR count). The summed E-state index contributed by atoms with van der Waals surface area (Å²) < 4.78 is 5.81. The Morgan fingerprint density at radius 3 is 3.22 bits per heavy atom. The van der Waals surface area contributed by atoms with E-state index in [9.17, 15) is 5.11 Å². The molecule has 1 aliphatic heterocycles. The summed E-state index contributed by atoms with van der Waals surface area (Å²) in [5.74, 6) is 0.980. The topological polar surface area (TPSA) is 45.6 Å². The standard InChI is InChI=1S/C14H20N2O2/c1-10(17)11-5-6-15-14(9-11)16-7-8-18-13-4-2-3-12(13)16/h5-6,9-10,12-13,17H,2-4,7-8H2,1H3/t10-,12?,13?/m0/s1. The fraction of sp³-hybridized carbons (Fsp3) is 0.643. The van der Waals surface area contributed by atoms with Crippen molar-refractivity contribution in [2.24, 2.45) is 0 Å². The van der Waals surface area contributed by atoms with E-state index in [1.165, 1.54) is 12.8 Å². The average molecular weight is 248 g/mol. The summed E-state index contributed by atoms with van der Waals surface area (Å²) in [4.78, 5) is 6.82. The maximum Gasteiger partial charge on any atom is 0.129 e. The van der Waals surface area contributed by atoms with E-state index >= 15 is 0 Å². The third-order valence-electron chi connectivity index (χ3n) is 4.03. The Labute approximate surface area is 108 Å². The van der Waals surface area contributed by atoms with Crippen LogP contribution in [-0.2, 0) is 4.74 Å². The van der Waals surface area contributed by atoms with Crippen LogP contribution in [0, 0.1) is 0 Å². The molecular weight excluding hydrogens is 228 g/mol. The number of nitrogens with zero attached hydrogens (tertiary/aromatic N) is 2. The van der Waals surface area contributed by atoms with Crippen LogP contribution >= 0.6 is 0 Å². The van der Waals surface area contributed by atoms with Crippen LogP contribution in [-0.4, -0.2) is 35.4 Å². The van der Waals surface area contributed by atoms with Crippen LogP contribution in [0.5, 0.6) is 0 Å². The Morgan fingerprint density at radius 1 is 1.50 bits per heavy atom. The van der Waals surface area contributed by atoms with E-state index in [1.807, 2.05) is 12.1 Å². The highest BCUT2D eigenvalue weighted by Gasteiger charge is 2.36. The molecular formula is C14H20N2O2. The highest BCUT2D eigenvalue weighted by atomic mass is 16.5. The molecule has 3 atom stereocenters. The van der Waals surface area contributed by atoms with Crippen LogP contribution in [0.15, 0.2) is 18.3 Å². The normalized spacial score (nSPS) is 29.1. The van der Waals surface area contributed by atoms with Gasteiger partial charge in [0.05, 0.1) is 24.9 Å². The molecule has 1 aromatic rings. The van der Waals surface area contributed by atoms with Crippen molar-refractivity contribution in [3.05, 3.63) is 23.9 Å². The molecule has 0 bridgehead atoms. The molecule has 1 aliphatic carbocycles. The quantitative estimate of drug-likeness (QED) is 0.868. The van der Waals surface area contributed by atoms with Gasteiger partial charge in [-0.1, -0.05) is 0 Å². The lowest BCUT2D eigenvalue weighted by atomic mass is 10.1. The molecule has 0 amide bonds. The summed E-state index contributed by atoms with van der Waals surface area (Å²) in [7, 11) is 0.